The zero-order valence-corrected chi connectivity index (χ0v) is 7.41. The SMILES string of the molecule is CC1(C(=O)O)CCCNC1.Cl. The summed E-state index contributed by atoms with van der Waals surface area (Å²) in [5.41, 5.74) is -0.516. The summed E-state index contributed by atoms with van der Waals surface area (Å²) >= 11 is 0. The molecule has 1 heterocycles. The summed E-state index contributed by atoms with van der Waals surface area (Å²) in [4.78, 5) is 10.6. The van der Waals surface area contributed by atoms with Gasteiger partial charge in [-0.05, 0) is 26.3 Å². The van der Waals surface area contributed by atoms with E-state index < -0.39 is 11.4 Å². The molecule has 0 aromatic rings. The van der Waals surface area contributed by atoms with Gasteiger partial charge in [0.1, 0.15) is 0 Å². The molecular formula is C7H14ClNO2. The van der Waals surface area contributed by atoms with Crippen LogP contribution in [0.3, 0.4) is 0 Å². The third-order valence-corrected chi connectivity index (χ3v) is 2.11. The molecule has 0 radical (unpaired) electrons. The van der Waals surface area contributed by atoms with Gasteiger partial charge >= 0.3 is 5.97 Å². The van der Waals surface area contributed by atoms with Crippen LogP contribution in [0.4, 0.5) is 0 Å². The van der Waals surface area contributed by atoms with Gasteiger partial charge < -0.3 is 10.4 Å². The van der Waals surface area contributed by atoms with Crippen LogP contribution >= 0.6 is 12.4 Å². The van der Waals surface area contributed by atoms with Gasteiger partial charge in [-0.1, -0.05) is 0 Å². The molecule has 1 atom stereocenters. The van der Waals surface area contributed by atoms with E-state index in [1.807, 2.05) is 0 Å². The van der Waals surface area contributed by atoms with Gasteiger partial charge in [0.15, 0.2) is 0 Å². The lowest BCUT2D eigenvalue weighted by molar-refractivity contribution is -0.148. The largest absolute Gasteiger partial charge is 0.481 e. The first-order valence-electron chi connectivity index (χ1n) is 3.59. The second-order valence-corrected chi connectivity index (χ2v) is 3.15. The van der Waals surface area contributed by atoms with Crippen LogP contribution in [-0.2, 0) is 4.79 Å². The van der Waals surface area contributed by atoms with Crippen molar-refractivity contribution in [3.05, 3.63) is 0 Å². The summed E-state index contributed by atoms with van der Waals surface area (Å²) in [7, 11) is 0. The van der Waals surface area contributed by atoms with E-state index in [1.54, 1.807) is 6.92 Å². The molecule has 1 rings (SSSR count). The lowest BCUT2D eigenvalue weighted by atomic mass is 9.83. The number of hydrogen-bond donors (Lipinski definition) is 2. The molecule has 1 aliphatic rings. The van der Waals surface area contributed by atoms with Gasteiger partial charge in [0, 0.05) is 6.54 Å². The molecule has 0 amide bonds. The van der Waals surface area contributed by atoms with Gasteiger partial charge in [0.2, 0.25) is 0 Å². The average molecular weight is 180 g/mol. The molecule has 66 valence electrons. The molecule has 0 spiro atoms. The maximum atomic E-state index is 10.6. The van der Waals surface area contributed by atoms with Crippen LogP contribution in [0.25, 0.3) is 0 Å². The number of nitrogens with one attached hydrogen (secondary N) is 1. The number of carbonyl (C=O) groups is 1. The smallest absolute Gasteiger partial charge is 0.310 e. The molecule has 0 saturated carbocycles. The van der Waals surface area contributed by atoms with Gasteiger partial charge in [-0.3, -0.25) is 4.79 Å². The highest BCUT2D eigenvalue weighted by atomic mass is 35.5. The van der Waals surface area contributed by atoms with Crippen LogP contribution in [-0.4, -0.2) is 24.2 Å². The highest BCUT2D eigenvalue weighted by Gasteiger charge is 2.34. The maximum Gasteiger partial charge on any atom is 0.310 e. The standard InChI is InChI=1S/C7H13NO2.ClH/c1-7(6(9)10)3-2-4-8-5-7;/h8H,2-5H2,1H3,(H,9,10);1H. The Balaban J connectivity index is 0.000001000. The highest BCUT2D eigenvalue weighted by Crippen LogP contribution is 2.24. The van der Waals surface area contributed by atoms with Gasteiger partial charge in [-0.25, -0.2) is 0 Å². The van der Waals surface area contributed by atoms with Crippen molar-refractivity contribution in [1.82, 2.24) is 5.32 Å². The van der Waals surface area contributed by atoms with E-state index in [4.69, 9.17) is 5.11 Å². The van der Waals surface area contributed by atoms with Crippen molar-refractivity contribution in [3.63, 3.8) is 0 Å². The van der Waals surface area contributed by atoms with Crippen LogP contribution < -0.4 is 5.32 Å². The second kappa shape index (κ2) is 3.93. The summed E-state index contributed by atoms with van der Waals surface area (Å²) in [5.74, 6) is -0.681. The predicted molar refractivity (Wildman–Crippen MR) is 45.1 cm³/mol. The first-order chi connectivity index (χ1) is 4.65. The van der Waals surface area contributed by atoms with E-state index in [1.165, 1.54) is 0 Å². The van der Waals surface area contributed by atoms with Gasteiger partial charge in [-0.2, -0.15) is 0 Å². The topological polar surface area (TPSA) is 49.3 Å². The fourth-order valence-corrected chi connectivity index (χ4v) is 1.24. The fraction of sp³-hybridized carbons (Fsp3) is 0.857. The van der Waals surface area contributed by atoms with E-state index in [-0.39, 0.29) is 12.4 Å². The lowest BCUT2D eigenvalue weighted by Crippen LogP contribution is -2.43. The number of carboxylic acids is 1. The zero-order chi connectivity index (χ0) is 7.61. The number of halogens is 1. The fourth-order valence-electron chi connectivity index (χ4n) is 1.24. The molecule has 0 bridgehead atoms. The van der Waals surface area contributed by atoms with Crippen molar-refractivity contribution in [2.24, 2.45) is 5.41 Å². The Morgan fingerprint density at radius 2 is 2.27 bits per heavy atom. The van der Waals surface area contributed by atoms with Crippen LogP contribution in [0.1, 0.15) is 19.8 Å². The summed E-state index contributed by atoms with van der Waals surface area (Å²) in [5, 5.41) is 11.8. The number of aliphatic carboxylic acids is 1. The lowest BCUT2D eigenvalue weighted by Gasteiger charge is -2.29. The quantitative estimate of drug-likeness (QED) is 0.629. The van der Waals surface area contributed by atoms with Gasteiger partial charge in [0.05, 0.1) is 5.41 Å². The Bertz CT molecular complexity index is 143. The molecule has 11 heavy (non-hydrogen) atoms. The Kier molecular flexibility index (Phi) is 3.83. The van der Waals surface area contributed by atoms with Crippen molar-refractivity contribution >= 4 is 18.4 Å². The van der Waals surface area contributed by atoms with Crippen molar-refractivity contribution < 1.29 is 9.90 Å². The molecule has 2 N–H and O–H groups in total. The van der Waals surface area contributed by atoms with Gasteiger partial charge in [0.25, 0.3) is 0 Å². The number of piperidine rings is 1. The summed E-state index contributed by atoms with van der Waals surface area (Å²) in [6.45, 7) is 3.37. The Labute approximate surface area is 72.6 Å². The van der Waals surface area contributed by atoms with Crippen LogP contribution in [0, 0.1) is 5.41 Å². The Morgan fingerprint density at radius 3 is 2.55 bits per heavy atom. The molecule has 1 saturated heterocycles. The van der Waals surface area contributed by atoms with Gasteiger partial charge in [-0.15, -0.1) is 12.4 Å². The second-order valence-electron chi connectivity index (χ2n) is 3.15. The predicted octanol–water partition coefficient (Wildman–Crippen LogP) is 0.882. The third-order valence-electron chi connectivity index (χ3n) is 2.11. The first kappa shape index (κ1) is 10.7. The number of hydrogen-bond acceptors (Lipinski definition) is 2. The van der Waals surface area contributed by atoms with E-state index in [2.05, 4.69) is 5.32 Å². The molecule has 0 aliphatic carbocycles. The summed E-state index contributed by atoms with van der Waals surface area (Å²) in [6, 6.07) is 0. The van der Waals surface area contributed by atoms with E-state index in [9.17, 15) is 4.79 Å². The molecule has 0 aromatic carbocycles. The minimum Gasteiger partial charge on any atom is -0.481 e. The van der Waals surface area contributed by atoms with Crippen LogP contribution in [0.2, 0.25) is 0 Å². The van der Waals surface area contributed by atoms with Crippen molar-refractivity contribution in [2.75, 3.05) is 13.1 Å². The molecule has 1 fully saturated rings. The maximum absolute atomic E-state index is 10.6. The zero-order valence-electron chi connectivity index (χ0n) is 6.59. The molecule has 1 unspecified atom stereocenters. The Hall–Kier alpha value is -0.280. The van der Waals surface area contributed by atoms with Crippen LogP contribution in [0.15, 0.2) is 0 Å². The summed E-state index contributed by atoms with van der Waals surface area (Å²) < 4.78 is 0. The van der Waals surface area contributed by atoms with Crippen molar-refractivity contribution in [1.29, 1.82) is 0 Å². The van der Waals surface area contributed by atoms with E-state index in [0.29, 0.717) is 6.54 Å². The minimum atomic E-state index is -0.681. The Morgan fingerprint density at radius 1 is 1.64 bits per heavy atom. The number of carboxylic acid groups (broad SMARTS) is 1. The summed E-state index contributed by atoms with van der Waals surface area (Å²) in [6.07, 6.45) is 1.78. The van der Waals surface area contributed by atoms with Crippen molar-refractivity contribution in [2.45, 2.75) is 19.8 Å². The van der Waals surface area contributed by atoms with Crippen LogP contribution in [0.5, 0.6) is 0 Å². The molecule has 1 aliphatic heterocycles. The molecule has 0 aromatic heterocycles. The molecule has 3 nitrogen and oxygen atoms in total. The average Bonchev–Trinajstić information content (AvgIpc) is 1.89. The third kappa shape index (κ3) is 2.34. The van der Waals surface area contributed by atoms with E-state index in [0.717, 1.165) is 19.4 Å². The normalized spacial score (nSPS) is 30.6. The molecule has 4 heteroatoms. The highest BCUT2D eigenvalue weighted by molar-refractivity contribution is 5.85. The van der Waals surface area contributed by atoms with E-state index >= 15 is 0 Å². The number of rotatable bonds is 1. The minimum absolute atomic E-state index is 0. The molecular weight excluding hydrogens is 166 g/mol. The van der Waals surface area contributed by atoms with Crippen molar-refractivity contribution in [3.8, 4) is 0 Å². The first-order valence-corrected chi connectivity index (χ1v) is 3.59. The monoisotopic (exact) mass is 179 g/mol.